The maximum atomic E-state index is 12.9. The number of esters is 3. The van der Waals surface area contributed by atoms with Crippen LogP contribution in [-0.2, 0) is 28.6 Å². The van der Waals surface area contributed by atoms with E-state index >= 15 is 0 Å². The minimum absolute atomic E-state index is 0.0779. The molecule has 0 aromatic carbocycles. The van der Waals surface area contributed by atoms with Gasteiger partial charge in [0, 0.05) is 19.3 Å². The Morgan fingerprint density at radius 2 is 0.557 bits per heavy atom. The van der Waals surface area contributed by atoms with Crippen LogP contribution in [0.5, 0.6) is 0 Å². The minimum atomic E-state index is -0.781. The van der Waals surface area contributed by atoms with Crippen LogP contribution in [0, 0.1) is 0 Å². The second-order valence-electron chi connectivity index (χ2n) is 20.2. The Morgan fingerprint density at radius 3 is 0.886 bits per heavy atom. The molecule has 70 heavy (non-hydrogen) atoms. The number of carbonyl (C=O) groups is 3. The van der Waals surface area contributed by atoms with Crippen LogP contribution in [0.15, 0.2) is 60.8 Å². The molecule has 0 aliphatic carbocycles. The molecule has 0 aliphatic heterocycles. The summed E-state index contributed by atoms with van der Waals surface area (Å²) in [7, 11) is 0. The van der Waals surface area contributed by atoms with E-state index in [-0.39, 0.29) is 31.1 Å². The third kappa shape index (κ3) is 56.0. The standard InChI is InChI=1S/C64H114O6/c1-4-7-10-13-16-19-22-25-27-29-31-32-34-35-37-39-42-45-48-51-54-57-63(66)69-60-61(59-68-62(65)56-53-50-47-44-41-24-21-18-15-12-9-6-3)70-64(67)58-55-52-49-46-43-40-38-36-33-30-28-26-23-20-17-14-11-8-5-2/h8,11,17,20,26,28-29,31,33,36,61H,4-7,9-10,12-16,18-19,21-25,27,30,32,34-35,37-60H2,1-3H3/b11-8-,20-17-,28-26-,31-29-,36-33-. The first-order valence-electron chi connectivity index (χ1n) is 30.3. The van der Waals surface area contributed by atoms with E-state index in [2.05, 4.69) is 81.5 Å². The fourth-order valence-electron chi connectivity index (χ4n) is 8.72. The van der Waals surface area contributed by atoms with Crippen LogP contribution < -0.4 is 0 Å². The van der Waals surface area contributed by atoms with E-state index in [1.54, 1.807) is 0 Å². The highest BCUT2D eigenvalue weighted by Gasteiger charge is 2.19. The smallest absolute Gasteiger partial charge is 0.306 e. The van der Waals surface area contributed by atoms with Gasteiger partial charge in [-0.3, -0.25) is 14.4 Å². The molecular weight excluding hydrogens is 865 g/mol. The highest BCUT2D eigenvalue weighted by molar-refractivity contribution is 5.71. The molecule has 0 bridgehead atoms. The van der Waals surface area contributed by atoms with E-state index in [9.17, 15) is 14.4 Å². The summed E-state index contributed by atoms with van der Waals surface area (Å²) < 4.78 is 16.9. The zero-order chi connectivity index (χ0) is 50.7. The Kier molecular flexibility index (Phi) is 56.3. The van der Waals surface area contributed by atoms with E-state index in [1.165, 1.54) is 173 Å². The molecule has 0 radical (unpaired) electrons. The Bertz CT molecular complexity index is 1260. The van der Waals surface area contributed by atoms with Crippen molar-refractivity contribution in [2.24, 2.45) is 0 Å². The number of hydrogen-bond donors (Lipinski definition) is 0. The summed E-state index contributed by atoms with van der Waals surface area (Å²) in [5.74, 6) is -0.880. The monoisotopic (exact) mass is 979 g/mol. The molecule has 6 heteroatoms. The average molecular weight is 980 g/mol. The number of allylic oxidation sites excluding steroid dienone is 10. The molecular formula is C64H114O6. The van der Waals surface area contributed by atoms with Crippen molar-refractivity contribution in [2.75, 3.05) is 13.2 Å². The lowest BCUT2D eigenvalue weighted by Gasteiger charge is -2.18. The SMILES string of the molecule is CC/C=C\C/C=C\C/C=C\C/C=C\CCCCCCCCC(=O)OC(COC(=O)CCCCCCCCCCC/C=C\CCCCCCCCCC)COC(=O)CCCCCCCCCCCCCC. The van der Waals surface area contributed by atoms with Crippen LogP contribution in [0.1, 0.15) is 310 Å². The van der Waals surface area contributed by atoms with Crippen molar-refractivity contribution in [3.63, 3.8) is 0 Å². The summed E-state index contributed by atoms with van der Waals surface area (Å²) in [6.07, 6.45) is 73.6. The Morgan fingerprint density at radius 1 is 0.300 bits per heavy atom. The lowest BCUT2D eigenvalue weighted by molar-refractivity contribution is -0.167. The third-order valence-electron chi connectivity index (χ3n) is 13.3. The minimum Gasteiger partial charge on any atom is -0.462 e. The second-order valence-corrected chi connectivity index (χ2v) is 20.2. The molecule has 0 spiro atoms. The molecule has 0 aromatic heterocycles. The molecule has 0 rings (SSSR count). The third-order valence-corrected chi connectivity index (χ3v) is 13.3. The summed E-state index contributed by atoms with van der Waals surface area (Å²) in [5.41, 5.74) is 0. The van der Waals surface area contributed by atoms with Gasteiger partial charge in [-0.25, -0.2) is 0 Å². The van der Waals surface area contributed by atoms with Crippen molar-refractivity contribution in [3.05, 3.63) is 60.8 Å². The quantitative estimate of drug-likeness (QED) is 0.0261. The Labute approximate surface area is 434 Å². The van der Waals surface area contributed by atoms with E-state index < -0.39 is 6.10 Å². The van der Waals surface area contributed by atoms with Crippen LogP contribution in [0.25, 0.3) is 0 Å². The van der Waals surface area contributed by atoms with Gasteiger partial charge in [0.15, 0.2) is 6.10 Å². The molecule has 0 aromatic rings. The van der Waals surface area contributed by atoms with E-state index in [0.29, 0.717) is 19.3 Å². The van der Waals surface area contributed by atoms with Crippen LogP contribution in [0.3, 0.4) is 0 Å². The maximum absolute atomic E-state index is 12.9. The zero-order valence-electron chi connectivity index (χ0n) is 46.5. The summed E-state index contributed by atoms with van der Waals surface area (Å²) in [5, 5.41) is 0. The Balaban J connectivity index is 4.33. The number of ether oxygens (including phenoxy) is 3. The van der Waals surface area contributed by atoms with Crippen LogP contribution >= 0.6 is 0 Å². The molecule has 406 valence electrons. The summed E-state index contributed by atoms with van der Waals surface area (Å²) in [6.45, 7) is 6.54. The van der Waals surface area contributed by atoms with Crippen LogP contribution in [0.4, 0.5) is 0 Å². The predicted octanol–water partition coefficient (Wildman–Crippen LogP) is 20.4. The van der Waals surface area contributed by atoms with Gasteiger partial charge in [0.25, 0.3) is 0 Å². The van der Waals surface area contributed by atoms with Gasteiger partial charge in [-0.1, -0.05) is 268 Å². The molecule has 0 saturated carbocycles. The molecule has 1 unspecified atom stereocenters. The first-order chi connectivity index (χ1) is 34.5. The fourth-order valence-corrected chi connectivity index (χ4v) is 8.72. The topological polar surface area (TPSA) is 78.9 Å². The van der Waals surface area contributed by atoms with Crippen molar-refractivity contribution < 1.29 is 28.6 Å². The number of hydrogen-bond acceptors (Lipinski definition) is 6. The number of rotatable bonds is 55. The summed E-state index contributed by atoms with van der Waals surface area (Å²) >= 11 is 0. The molecule has 0 heterocycles. The molecule has 0 N–H and O–H groups in total. The van der Waals surface area contributed by atoms with Gasteiger partial charge >= 0.3 is 17.9 Å². The van der Waals surface area contributed by atoms with E-state index in [1.807, 2.05) is 0 Å². The predicted molar refractivity (Wildman–Crippen MR) is 302 cm³/mol. The number of carbonyl (C=O) groups excluding carboxylic acids is 3. The molecule has 0 aliphatic rings. The largest absolute Gasteiger partial charge is 0.462 e. The van der Waals surface area contributed by atoms with Gasteiger partial charge in [0.05, 0.1) is 0 Å². The van der Waals surface area contributed by atoms with Crippen molar-refractivity contribution in [3.8, 4) is 0 Å². The fraction of sp³-hybridized carbons (Fsp3) is 0.797. The molecule has 0 amide bonds. The molecule has 0 fully saturated rings. The first kappa shape index (κ1) is 67.1. The van der Waals surface area contributed by atoms with E-state index in [4.69, 9.17) is 14.2 Å². The highest BCUT2D eigenvalue weighted by atomic mass is 16.6. The molecule has 1 atom stereocenters. The van der Waals surface area contributed by atoms with Crippen molar-refractivity contribution in [1.29, 1.82) is 0 Å². The normalized spacial score (nSPS) is 12.4. The van der Waals surface area contributed by atoms with Gasteiger partial charge in [0.2, 0.25) is 0 Å². The second kappa shape index (κ2) is 58.7. The zero-order valence-corrected chi connectivity index (χ0v) is 46.5. The number of unbranched alkanes of at least 4 members (excludes halogenated alkanes) is 34. The van der Waals surface area contributed by atoms with Crippen molar-refractivity contribution in [2.45, 2.75) is 316 Å². The van der Waals surface area contributed by atoms with Gasteiger partial charge in [-0.15, -0.1) is 0 Å². The average Bonchev–Trinajstić information content (AvgIpc) is 3.36. The van der Waals surface area contributed by atoms with Crippen molar-refractivity contribution >= 4 is 17.9 Å². The Hall–Kier alpha value is -2.89. The van der Waals surface area contributed by atoms with Crippen molar-refractivity contribution in [1.82, 2.24) is 0 Å². The highest BCUT2D eigenvalue weighted by Crippen LogP contribution is 2.16. The van der Waals surface area contributed by atoms with Gasteiger partial charge in [-0.05, 0) is 83.5 Å². The van der Waals surface area contributed by atoms with E-state index in [0.717, 1.165) is 96.3 Å². The molecule has 0 saturated heterocycles. The van der Waals surface area contributed by atoms with Gasteiger partial charge < -0.3 is 14.2 Å². The molecule has 6 nitrogen and oxygen atoms in total. The summed E-state index contributed by atoms with van der Waals surface area (Å²) in [6, 6.07) is 0. The van der Waals surface area contributed by atoms with Gasteiger partial charge in [-0.2, -0.15) is 0 Å². The van der Waals surface area contributed by atoms with Crippen LogP contribution in [-0.4, -0.2) is 37.2 Å². The lowest BCUT2D eigenvalue weighted by atomic mass is 10.0. The first-order valence-corrected chi connectivity index (χ1v) is 30.3. The summed E-state index contributed by atoms with van der Waals surface area (Å²) in [4.78, 5) is 38.2. The maximum Gasteiger partial charge on any atom is 0.306 e. The van der Waals surface area contributed by atoms with Crippen LogP contribution in [0.2, 0.25) is 0 Å². The lowest BCUT2D eigenvalue weighted by Crippen LogP contribution is -2.30. The van der Waals surface area contributed by atoms with Gasteiger partial charge in [0.1, 0.15) is 13.2 Å².